The van der Waals surface area contributed by atoms with Crippen LogP contribution in [-0.4, -0.2) is 65.8 Å². The van der Waals surface area contributed by atoms with Crippen LogP contribution in [0.1, 0.15) is 53.1 Å². The van der Waals surface area contributed by atoms with Crippen LogP contribution >= 0.6 is 0 Å². The second kappa shape index (κ2) is 11.8. The Morgan fingerprint density at radius 3 is 1.76 bits per heavy atom. The number of hydrogen-bond donors (Lipinski definition) is 0. The fourth-order valence-corrected chi connectivity index (χ4v) is 11.1. The molecule has 4 nitrogen and oxygen atoms in total. The molecule has 0 spiro atoms. The summed E-state index contributed by atoms with van der Waals surface area (Å²) in [7, 11) is 3.30. The molecular formula is C36H37BF2N2O2Se2. The summed E-state index contributed by atoms with van der Waals surface area (Å²) in [6.45, 7) is 9.96. The van der Waals surface area contributed by atoms with E-state index in [1.807, 2.05) is 76.2 Å². The van der Waals surface area contributed by atoms with Gasteiger partial charge in [0.05, 0.1) is 0 Å². The number of allylic oxidation sites excluding steroid dienone is 2. The van der Waals surface area contributed by atoms with E-state index >= 15 is 8.63 Å². The van der Waals surface area contributed by atoms with Gasteiger partial charge in [0.25, 0.3) is 0 Å². The van der Waals surface area contributed by atoms with Crippen LogP contribution in [0.5, 0.6) is 11.5 Å². The Balaban J connectivity index is 1.63. The third kappa shape index (κ3) is 5.15. The van der Waals surface area contributed by atoms with Crippen LogP contribution in [0.2, 0.25) is 0 Å². The molecule has 232 valence electrons. The monoisotopic (exact) mass is 738 g/mol. The normalized spacial score (nSPS) is 15.5. The van der Waals surface area contributed by atoms with Gasteiger partial charge in [-0.15, -0.1) is 0 Å². The van der Waals surface area contributed by atoms with E-state index in [-0.39, 0.29) is 29.9 Å². The predicted octanol–water partition coefficient (Wildman–Crippen LogP) is 5.49. The van der Waals surface area contributed by atoms with Crippen molar-refractivity contribution in [1.29, 1.82) is 0 Å². The number of aromatic nitrogens is 1. The molecule has 0 bridgehead atoms. The van der Waals surface area contributed by atoms with E-state index in [4.69, 9.17) is 9.47 Å². The number of aryl methyl sites for hydroxylation is 3. The second-order valence-electron chi connectivity index (χ2n) is 11.8. The van der Waals surface area contributed by atoms with Gasteiger partial charge in [-0.3, -0.25) is 0 Å². The van der Waals surface area contributed by atoms with Gasteiger partial charge < -0.3 is 0 Å². The van der Waals surface area contributed by atoms with E-state index in [0.29, 0.717) is 22.8 Å². The van der Waals surface area contributed by atoms with E-state index in [2.05, 4.69) is 32.9 Å². The van der Waals surface area contributed by atoms with Crippen LogP contribution < -0.4 is 22.9 Å². The SMILES string of the molecule is COc1ccc([Se]C2=C(C)C3=C(c4c(C)cc(C)cc4C)c4c(C)c([Se]c5ccc(OC)cc5)c(C)n4[B-](F)(F)[N+]3=C2C)cc1. The molecule has 0 radical (unpaired) electrons. The van der Waals surface area contributed by atoms with Crippen LogP contribution in [0.3, 0.4) is 0 Å². The third-order valence-electron chi connectivity index (χ3n) is 8.83. The van der Waals surface area contributed by atoms with Gasteiger partial charge >= 0.3 is 278 Å². The van der Waals surface area contributed by atoms with Crippen molar-refractivity contribution < 1.29 is 22.6 Å². The Kier molecular flexibility index (Phi) is 8.28. The predicted molar refractivity (Wildman–Crippen MR) is 184 cm³/mol. The number of hydrogen-bond acceptors (Lipinski definition) is 2. The first-order valence-corrected chi connectivity index (χ1v) is 18.4. The Morgan fingerprint density at radius 1 is 0.733 bits per heavy atom. The summed E-state index contributed by atoms with van der Waals surface area (Å²) in [5, 5.41) is 0. The first kappa shape index (κ1) is 31.6. The van der Waals surface area contributed by atoms with Crippen LogP contribution in [-0.2, 0) is 0 Å². The molecule has 4 aromatic rings. The number of nitrogens with zero attached hydrogens (tertiary/aromatic N) is 2. The topological polar surface area (TPSA) is 26.4 Å². The third-order valence-corrected chi connectivity index (χ3v) is 14.3. The number of methoxy groups -OCH3 is 2. The molecular weight excluding hydrogens is 699 g/mol. The summed E-state index contributed by atoms with van der Waals surface area (Å²) in [5.74, 6) is 1.57. The van der Waals surface area contributed by atoms with Gasteiger partial charge in [0.1, 0.15) is 0 Å². The molecule has 3 heterocycles. The molecule has 0 aliphatic carbocycles. The summed E-state index contributed by atoms with van der Waals surface area (Å²) >= 11 is -0.332. The summed E-state index contributed by atoms with van der Waals surface area (Å²) in [5.41, 5.74) is 9.76. The van der Waals surface area contributed by atoms with Gasteiger partial charge in [-0.2, -0.15) is 0 Å². The summed E-state index contributed by atoms with van der Waals surface area (Å²) in [6.07, 6.45) is 0. The van der Waals surface area contributed by atoms with Crippen molar-refractivity contribution >= 4 is 61.6 Å². The number of fused-ring (bicyclic) bond motifs is 2. The Bertz CT molecular complexity index is 1930. The van der Waals surface area contributed by atoms with Crippen molar-refractivity contribution in [2.75, 3.05) is 14.2 Å². The first-order chi connectivity index (χ1) is 21.4. The van der Waals surface area contributed by atoms with Crippen molar-refractivity contribution in [3.63, 3.8) is 0 Å². The number of benzene rings is 3. The standard InChI is InChI=1S/C36H37BF2N2O2Se2/c1-20-18-21(2)31(22(3)19-20)32-33-23(4)35(44-29-14-10-27(42-8)11-15-29)25(6)40(33)37(38,39)41-26(7)36(24(5)34(32)41)45-30-16-12-28(43-9)13-17-30/h10-19H,1-9H3. The van der Waals surface area contributed by atoms with Gasteiger partial charge in [0.15, 0.2) is 0 Å². The molecule has 0 unspecified atom stereocenters. The zero-order chi connectivity index (χ0) is 32.4. The fraction of sp³-hybridized carbons (Fsp3) is 0.250. The van der Waals surface area contributed by atoms with E-state index < -0.39 is 6.97 Å². The average molecular weight is 736 g/mol. The maximum atomic E-state index is 17.3. The van der Waals surface area contributed by atoms with Gasteiger partial charge in [-0.1, -0.05) is 0 Å². The molecule has 0 saturated heterocycles. The molecule has 0 fully saturated rings. The van der Waals surface area contributed by atoms with E-state index in [1.54, 1.807) is 14.2 Å². The average Bonchev–Trinajstić information content (AvgIpc) is 3.40. The molecule has 45 heavy (non-hydrogen) atoms. The van der Waals surface area contributed by atoms with Crippen molar-refractivity contribution in [3.05, 3.63) is 116 Å². The van der Waals surface area contributed by atoms with Crippen LogP contribution in [0, 0.1) is 34.6 Å². The summed E-state index contributed by atoms with van der Waals surface area (Å²) in [4.78, 5) is 0. The fourth-order valence-electron chi connectivity index (χ4n) is 6.93. The van der Waals surface area contributed by atoms with Crippen LogP contribution in [0.4, 0.5) is 8.63 Å². The van der Waals surface area contributed by atoms with Crippen LogP contribution in [0.15, 0.2) is 76.4 Å². The molecule has 0 atom stereocenters. The molecule has 6 rings (SSSR count). The molecule has 3 aromatic carbocycles. The van der Waals surface area contributed by atoms with Gasteiger partial charge in [-0.05, 0) is 0 Å². The molecule has 2 aliphatic rings. The van der Waals surface area contributed by atoms with Gasteiger partial charge in [-0.25, -0.2) is 0 Å². The number of rotatable bonds is 7. The second-order valence-corrected chi connectivity index (χ2v) is 16.4. The quantitative estimate of drug-likeness (QED) is 0.235. The maximum absolute atomic E-state index is 17.3. The Hall–Kier alpha value is -3.35. The van der Waals surface area contributed by atoms with Gasteiger partial charge in [0.2, 0.25) is 0 Å². The molecule has 1 aromatic heterocycles. The zero-order valence-corrected chi connectivity index (χ0v) is 30.6. The van der Waals surface area contributed by atoms with Crippen molar-refractivity contribution in [3.8, 4) is 11.5 Å². The molecule has 0 N–H and O–H groups in total. The van der Waals surface area contributed by atoms with Crippen LogP contribution in [0.25, 0.3) is 5.57 Å². The minimum atomic E-state index is -4.16. The Morgan fingerprint density at radius 2 is 1.24 bits per heavy atom. The van der Waals surface area contributed by atoms with Crippen molar-refractivity contribution in [2.45, 2.75) is 48.5 Å². The molecule has 9 heteroatoms. The molecule has 0 saturated carbocycles. The minimum absolute atomic E-state index is 0.166. The molecule has 2 aliphatic heterocycles. The number of halogens is 2. The van der Waals surface area contributed by atoms with Crippen molar-refractivity contribution in [1.82, 2.24) is 4.48 Å². The van der Waals surface area contributed by atoms with E-state index in [0.717, 1.165) is 62.8 Å². The van der Waals surface area contributed by atoms with Gasteiger partial charge in [0, 0.05) is 0 Å². The Labute approximate surface area is 277 Å². The van der Waals surface area contributed by atoms with E-state index in [9.17, 15) is 0 Å². The zero-order valence-electron chi connectivity index (χ0n) is 27.1. The molecule has 0 amide bonds. The van der Waals surface area contributed by atoms with Crippen molar-refractivity contribution in [2.24, 2.45) is 0 Å². The van der Waals surface area contributed by atoms with E-state index in [1.165, 1.54) is 14.5 Å². The number of ether oxygens (including phenoxy) is 2. The summed E-state index contributed by atoms with van der Waals surface area (Å²) in [6, 6.07) is 20.3. The first-order valence-electron chi connectivity index (χ1n) is 14.9. The summed E-state index contributed by atoms with van der Waals surface area (Å²) < 4.78 is 52.3.